The van der Waals surface area contributed by atoms with E-state index in [1.54, 1.807) is 0 Å². The molecule has 5 nitrogen and oxygen atoms in total. The van der Waals surface area contributed by atoms with Gasteiger partial charge in [0.25, 0.3) is 0 Å². The number of piperidine rings is 1. The predicted octanol–water partition coefficient (Wildman–Crippen LogP) is 3.02. The lowest BCUT2D eigenvalue weighted by Crippen LogP contribution is -2.51. The van der Waals surface area contributed by atoms with Crippen LogP contribution in [-0.4, -0.2) is 54.5 Å². The Morgan fingerprint density at radius 2 is 1.93 bits per heavy atom. The molecule has 1 amide bonds. The van der Waals surface area contributed by atoms with E-state index in [0.29, 0.717) is 11.8 Å². The number of amides is 1. The van der Waals surface area contributed by atoms with Crippen LogP contribution in [0.5, 0.6) is 0 Å². The molecule has 6 rings (SSSR count). The van der Waals surface area contributed by atoms with Gasteiger partial charge in [-0.1, -0.05) is 44.2 Å². The highest BCUT2D eigenvalue weighted by Crippen LogP contribution is 2.70. The van der Waals surface area contributed by atoms with Gasteiger partial charge in [-0.3, -0.25) is 4.79 Å². The lowest BCUT2D eigenvalue weighted by Gasteiger charge is -2.38. The Balaban J connectivity index is 1.28. The second-order valence-corrected chi connectivity index (χ2v) is 13.3. The van der Waals surface area contributed by atoms with Gasteiger partial charge in [-0.25, -0.2) is 12.7 Å². The van der Waals surface area contributed by atoms with E-state index >= 15 is 0 Å². The second kappa shape index (κ2) is 5.89. The molecule has 6 heteroatoms. The van der Waals surface area contributed by atoms with Crippen LogP contribution in [-0.2, 0) is 21.4 Å². The zero-order valence-corrected chi connectivity index (χ0v) is 18.9. The Hall–Kier alpha value is -1.40. The molecule has 4 bridgehead atoms. The molecule has 3 aliphatic heterocycles. The Morgan fingerprint density at radius 1 is 1.17 bits per heavy atom. The van der Waals surface area contributed by atoms with E-state index in [0.717, 1.165) is 56.3 Å². The zero-order chi connectivity index (χ0) is 20.9. The molecular weight excluding hydrogens is 396 g/mol. The molecule has 5 aliphatic rings. The van der Waals surface area contributed by atoms with Crippen LogP contribution < -0.4 is 0 Å². The van der Waals surface area contributed by atoms with E-state index < -0.39 is 10.0 Å². The standard InChI is InChI=1S/C24H33N2O3S/c1-23(2)19-8-10-24(23)16-30(28,29)25(21(24)12-19)22(27)20-15-26(11-9-18(20)14-26)13-17-6-4-3-5-7-17/h3-7,18-21H,8-16H2,1-2H3/q+1/t18-,19+,20+,21+,24+,26?/m0/s1. The van der Waals surface area contributed by atoms with E-state index in [1.165, 1.54) is 9.87 Å². The van der Waals surface area contributed by atoms with Crippen molar-refractivity contribution in [3.63, 3.8) is 0 Å². The van der Waals surface area contributed by atoms with Crippen LogP contribution in [0.1, 0.15) is 45.1 Å². The third kappa shape index (κ3) is 2.32. The van der Waals surface area contributed by atoms with Gasteiger partial charge in [-0.15, -0.1) is 0 Å². The summed E-state index contributed by atoms with van der Waals surface area (Å²) >= 11 is 0. The van der Waals surface area contributed by atoms with Gasteiger partial charge in [0.05, 0.1) is 37.3 Å². The number of benzene rings is 1. The molecule has 3 heterocycles. The number of carbonyl (C=O) groups is 1. The highest BCUT2D eigenvalue weighted by atomic mass is 32.2. The topological polar surface area (TPSA) is 54.5 Å². The van der Waals surface area contributed by atoms with Crippen molar-refractivity contribution in [1.82, 2.24) is 4.31 Å². The summed E-state index contributed by atoms with van der Waals surface area (Å²) in [5.41, 5.74) is 1.10. The predicted molar refractivity (Wildman–Crippen MR) is 115 cm³/mol. The summed E-state index contributed by atoms with van der Waals surface area (Å²) in [4.78, 5) is 13.8. The molecule has 1 spiro atoms. The summed E-state index contributed by atoms with van der Waals surface area (Å²) in [6.45, 7) is 8.38. The van der Waals surface area contributed by atoms with Crippen molar-refractivity contribution in [1.29, 1.82) is 0 Å². The second-order valence-electron chi connectivity index (χ2n) is 11.5. The van der Waals surface area contributed by atoms with E-state index in [1.807, 2.05) is 6.07 Å². The highest BCUT2D eigenvalue weighted by Gasteiger charge is 2.73. The Labute approximate surface area is 180 Å². The van der Waals surface area contributed by atoms with Crippen molar-refractivity contribution in [2.45, 2.75) is 52.1 Å². The number of hydrogen-bond acceptors (Lipinski definition) is 3. The van der Waals surface area contributed by atoms with Gasteiger partial charge in [0.1, 0.15) is 6.54 Å². The first-order valence-corrected chi connectivity index (χ1v) is 13.2. The first-order chi connectivity index (χ1) is 14.2. The van der Waals surface area contributed by atoms with Gasteiger partial charge in [-0.2, -0.15) is 0 Å². The fourth-order valence-corrected chi connectivity index (χ4v) is 11.0. The number of rotatable bonds is 3. The molecule has 0 N–H and O–H groups in total. The quantitative estimate of drug-likeness (QED) is 0.694. The van der Waals surface area contributed by atoms with Crippen molar-refractivity contribution >= 4 is 15.9 Å². The summed E-state index contributed by atoms with van der Waals surface area (Å²) in [5.74, 6) is 0.863. The van der Waals surface area contributed by atoms with Crippen LogP contribution in [0.25, 0.3) is 0 Å². The first-order valence-electron chi connectivity index (χ1n) is 11.6. The molecule has 162 valence electrons. The van der Waals surface area contributed by atoms with Crippen molar-refractivity contribution in [3.05, 3.63) is 35.9 Å². The average Bonchev–Trinajstić information content (AvgIpc) is 3.42. The van der Waals surface area contributed by atoms with Crippen LogP contribution in [0.2, 0.25) is 0 Å². The Bertz CT molecular complexity index is 1010. The molecule has 1 aromatic carbocycles. The van der Waals surface area contributed by atoms with Gasteiger partial charge in [0.15, 0.2) is 0 Å². The first kappa shape index (κ1) is 19.3. The monoisotopic (exact) mass is 429 g/mol. The summed E-state index contributed by atoms with van der Waals surface area (Å²) in [6, 6.07) is 10.4. The average molecular weight is 430 g/mol. The molecule has 3 saturated heterocycles. The Kier molecular flexibility index (Phi) is 3.79. The number of carbonyl (C=O) groups excluding carboxylic acids is 1. The fourth-order valence-electron chi connectivity index (χ4n) is 8.38. The largest absolute Gasteiger partial charge is 0.319 e. The third-order valence-electron chi connectivity index (χ3n) is 10.1. The minimum Gasteiger partial charge on any atom is -0.319 e. The van der Waals surface area contributed by atoms with E-state index in [2.05, 4.69) is 38.1 Å². The maximum absolute atomic E-state index is 13.8. The minimum atomic E-state index is -3.52. The third-order valence-corrected chi connectivity index (χ3v) is 12.0. The summed E-state index contributed by atoms with van der Waals surface area (Å²) in [6.07, 6.45) is 3.99. The van der Waals surface area contributed by atoms with E-state index in [9.17, 15) is 13.2 Å². The lowest BCUT2D eigenvalue weighted by atomic mass is 9.69. The molecular formula is C24H33N2O3S+. The molecule has 0 radical (unpaired) electrons. The minimum absolute atomic E-state index is 0.0129. The highest BCUT2D eigenvalue weighted by molar-refractivity contribution is 7.90. The van der Waals surface area contributed by atoms with Gasteiger partial charge in [-0.05, 0) is 30.6 Å². The van der Waals surface area contributed by atoms with Gasteiger partial charge < -0.3 is 4.48 Å². The number of hydrogen-bond donors (Lipinski definition) is 0. The normalized spacial score (nSPS) is 44.5. The fraction of sp³-hybridized carbons (Fsp3) is 0.708. The maximum atomic E-state index is 13.8. The van der Waals surface area contributed by atoms with E-state index in [-0.39, 0.29) is 34.4 Å². The van der Waals surface area contributed by atoms with Gasteiger partial charge >= 0.3 is 0 Å². The summed E-state index contributed by atoms with van der Waals surface area (Å²) < 4.78 is 29.0. The van der Waals surface area contributed by atoms with Crippen molar-refractivity contribution < 1.29 is 17.7 Å². The number of quaternary nitrogens is 1. The molecule has 2 aliphatic carbocycles. The molecule has 1 aromatic rings. The molecule has 0 aromatic heterocycles. The van der Waals surface area contributed by atoms with Crippen LogP contribution in [0.3, 0.4) is 0 Å². The number of sulfonamides is 1. The van der Waals surface area contributed by atoms with Crippen LogP contribution in [0.15, 0.2) is 30.3 Å². The van der Waals surface area contributed by atoms with E-state index in [4.69, 9.17) is 0 Å². The molecule has 1 unspecified atom stereocenters. The number of nitrogens with zero attached hydrogens (tertiary/aromatic N) is 2. The van der Waals surface area contributed by atoms with Crippen molar-refractivity contribution in [2.24, 2.45) is 28.6 Å². The maximum Gasteiger partial charge on any atom is 0.245 e. The molecule has 6 atom stereocenters. The Morgan fingerprint density at radius 3 is 2.67 bits per heavy atom. The molecule has 30 heavy (non-hydrogen) atoms. The summed E-state index contributed by atoms with van der Waals surface area (Å²) in [7, 11) is -3.52. The zero-order valence-electron chi connectivity index (χ0n) is 18.1. The molecule has 2 saturated carbocycles. The smallest absolute Gasteiger partial charge is 0.245 e. The number of fused-ring (bicyclic) bond motifs is 3. The van der Waals surface area contributed by atoms with Crippen LogP contribution in [0.4, 0.5) is 0 Å². The molecule has 5 fully saturated rings. The van der Waals surface area contributed by atoms with Crippen LogP contribution >= 0.6 is 0 Å². The SMILES string of the molecule is CC1(C)[C@@H]2CC[C@]13CS(=O)(=O)N(C(=O)[C@@H]1C[N+]4(Cc5ccccc5)CC[C@H]1C4)[C@@H]3C2. The van der Waals surface area contributed by atoms with Gasteiger partial charge in [0, 0.05) is 23.3 Å². The van der Waals surface area contributed by atoms with Crippen molar-refractivity contribution in [2.75, 3.05) is 25.4 Å². The van der Waals surface area contributed by atoms with Crippen LogP contribution in [0, 0.1) is 28.6 Å². The summed E-state index contributed by atoms with van der Waals surface area (Å²) in [5, 5.41) is 0. The van der Waals surface area contributed by atoms with Gasteiger partial charge in [0.2, 0.25) is 15.9 Å². The lowest BCUT2D eigenvalue weighted by molar-refractivity contribution is -0.923. The van der Waals surface area contributed by atoms with Crippen molar-refractivity contribution in [3.8, 4) is 0 Å².